The molecule has 0 spiro atoms. The Kier molecular flexibility index (Phi) is 7.06. The smallest absolute Gasteiger partial charge is 0.241 e. The molecule has 2 N–H and O–H groups in total. The first-order valence-electron chi connectivity index (χ1n) is 10.1. The number of piperidine rings is 1. The molecule has 0 bridgehead atoms. The van der Waals surface area contributed by atoms with Crippen LogP contribution in [0.2, 0.25) is 0 Å². The molecule has 1 aliphatic heterocycles. The second kappa shape index (κ2) is 9.93. The normalized spacial score (nSPS) is 14.5. The zero-order valence-electron chi connectivity index (χ0n) is 16.5. The van der Waals surface area contributed by atoms with Crippen LogP contribution in [-0.4, -0.2) is 36.3 Å². The van der Waals surface area contributed by atoms with Crippen molar-refractivity contribution in [1.82, 2.24) is 4.90 Å². The highest BCUT2D eigenvalue weighted by Crippen LogP contribution is 2.17. The highest BCUT2D eigenvalue weighted by molar-refractivity contribution is 5.91. The molecule has 1 fully saturated rings. The number of nitrogens with zero attached hydrogens (tertiary/aromatic N) is 1. The quantitative estimate of drug-likeness (QED) is 0.766. The monoisotopic (exact) mass is 379 g/mol. The van der Waals surface area contributed by atoms with Crippen LogP contribution in [0.4, 0.5) is 11.4 Å². The van der Waals surface area contributed by atoms with Gasteiger partial charge in [-0.25, -0.2) is 0 Å². The van der Waals surface area contributed by atoms with Crippen molar-refractivity contribution < 1.29 is 9.59 Å². The van der Waals surface area contributed by atoms with Crippen LogP contribution >= 0.6 is 0 Å². The van der Waals surface area contributed by atoms with Gasteiger partial charge in [-0.3, -0.25) is 9.59 Å². The van der Waals surface area contributed by atoms with Gasteiger partial charge in [0, 0.05) is 30.9 Å². The fraction of sp³-hybridized carbons (Fsp3) is 0.391. The Bertz CT molecular complexity index is 766. The molecule has 5 nitrogen and oxygen atoms in total. The summed E-state index contributed by atoms with van der Waals surface area (Å²) in [5.74, 6) is 0.858. The number of benzene rings is 2. The third kappa shape index (κ3) is 6.12. The molecule has 0 saturated carbocycles. The van der Waals surface area contributed by atoms with Crippen molar-refractivity contribution >= 4 is 23.2 Å². The van der Waals surface area contributed by atoms with Gasteiger partial charge in [-0.05, 0) is 55.0 Å². The van der Waals surface area contributed by atoms with Gasteiger partial charge < -0.3 is 15.5 Å². The predicted octanol–water partition coefficient (Wildman–Crippen LogP) is 3.93. The van der Waals surface area contributed by atoms with Crippen molar-refractivity contribution in [3.05, 3.63) is 60.2 Å². The first-order chi connectivity index (χ1) is 13.6. The van der Waals surface area contributed by atoms with Crippen molar-refractivity contribution in [2.75, 3.05) is 30.3 Å². The summed E-state index contributed by atoms with van der Waals surface area (Å²) < 4.78 is 0. The molecular formula is C23H29N3O2. The van der Waals surface area contributed by atoms with Gasteiger partial charge in [0.15, 0.2) is 0 Å². The van der Waals surface area contributed by atoms with E-state index in [9.17, 15) is 9.59 Å². The maximum absolute atomic E-state index is 12.3. The number of amides is 2. The molecule has 148 valence electrons. The fourth-order valence-electron chi connectivity index (χ4n) is 3.34. The van der Waals surface area contributed by atoms with E-state index in [0.29, 0.717) is 18.9 Å². The number of carbonyl (C=O) groups excluding carboxylic acids is 2. The van der Waals surface area contributed by atoms with Crippen LogP contribution in [0.15, 0.2) is 54.6 Å². The van der Waals surface area contributed by atoms with Gasteiger partial charge in [0.2, 0.25) is 11.8 Å². The van der Waals surface area contributed by atoms with Crippen molar-refractivity contribution in [2.45, 2.75) is 32.6 Å². The van der Waals surface area contributed by atoms with E-state index in [1.54, 1.807) is 0 Å². The molecule has 0 aliphatic carbocycles. The molecule has 0 radical (unpaired) electrons. The van der Waals surface area contributed by atoms with Crippen LogP contribution in [0.3, 0.4) is 0 Å². The Morgan fingerprint density at radius 1 is 0.964 bits per heavy atom. The second-order valence-electron chi connectivity index (χ2n) is 7.53. The van der Waals surface area contributed by atoms with Gasteiger partial charge >= 0.3 is 0 Å². The van der Waals surface area contributed by atoms with Crippen LogP contribution in [0, 0.1) is 5.92 Å². The number of hydrogen-bond donors (Lipinski definition) is 2. The van der Waals surface area contributed by atoms with Gasteiger partial charge in [-0.1, -0.05) is 37.3 Å². The van der Waals surface area contributed by atoms with E-state index in [4.69, 9.17) is 0 Å². The topological polar surface area (TPSA) is 61.4 Å². The summed E-state index contributed by atoms with van der Waals surface area (Å²) >= 11 is 0. The summed E-state index contributed by atoms with van der Waals surface area (Å²) in [5.41, 5.74) is 2.80. The second-order valence-corrected chi connectivity index (χ2v) is 7.53. The lowest BCUT2D eigenvalue weighted by Gasteiger charge is -2.30. The molecule has 0 aromatic heterocycles. The summed E-state index contributed by atoms with van der Waals surface area (Å²) in [4.78, 5) is 26.3. The Hall–Kier alpha value is -2.82. The summed E-state index contributed by atoms with van der Waals surface area (Å²) in [6.45, 7) is 4.25. The Morgan fingerprint density at radius 2 is 1.61 bits per heavy atom. The number of carbonyl (C=O) groups is 2. The van der Waals surface area contributed by atoms with Gasteiger partial charge in [0.25, 0.3) is 0 Å². The standard InChI is InChI=1S/C23H29N3O2/c1-18-13-15-26(16-14-18)23(28)17-24-20-8-10-21(11-9-20)25-22(27)12-7-19-5-3-2-4-6-19/h2-6,8-11,18,24H,7,12-17H2,1H3,(H,25,27). The number of likely N-dealkylation sites (tertiary alicyclic amines) is 1. The molecule has 28 heavy (non-hydrogen) atoms. The number of aryl methyl sites for hydroxylation is 1. The van der Waals surface area contributed by atoms with Gasteiger partial charge in [-0.15, -0.1) is 0 Å². The van der Waals surface area contributed by atoms with Gasteiger partial charge in [-0.2, -0.15) is 0 Å². The summed E-state index contributed by atoms with van der Waals surface area (Å²) in [6, 6.07) is 17.5. The van der Waals surface area contributed by atoms with Crippen LogP contribution in [-0.2, 0) is 16.0 Å². The Balaban J connectivity index is 1.40. The number of anilines is 2. The van der Waals surface area contributed by atoms with E-state index in [-0.39, 0.29) is 11.8 Å². The maximum Gasteiger partial charge on any atom is 0.241 e. The zero-order chi connectivity index (χ0) is 19.8. The first kappa shape index (κ1) is 19.9. The maximum atomic E-state index is 12.3. The molecule has 2 aromatic carbocycles. The van der Waals surface area contributed by atoms with E-state index in [0.717, 1.165) is 49.3 Å². The minimum Gasteiger partial charge on any atom is -0.376 e. The van der Waals surface area contributed by atoms with Crippen molar-refractivity contribution in [2.24, 2.45) is 5.92 Å². The first-order valence-corrected chi connectivity index (χ1v) is 10.1. The summed E-state index contributed by atoms with van der Waals surface area (Å²) in [5, 5.41) is 6.09. The fourth-order valence-corrected chi connectivity index (χ4v) is 3.34. The van der Waals surface area contributed by atoms with E-state index in [1.807, 2.05) is 59.5 Å². The van der Waals surface area contributed by atoms with E-state index in [2.05, 4.69) is 17.6 Å². The summed E-state index contributed by atoms with van der Waals surface area (Å²) in [7, 11) is 0. The third-order valence-electron chi connectivity index (χ3n) is 5.23. The van der Waals surface area contributed by atoms with Gasteiger partial charge in [0.05, 0.1) is 6.54 Å². The number of hydrogen-bond acceptors (Lipinski definition) is 3. The third-order valence-corrected chi connectivity index (χ3v) is 5.23. The molecule has 2 aromatic rings. The lowest BCUT2D eigenvalue weighted by Crippen LogP contribution is -2.40. The van der Waals surface area contributed by atoms with E-state index in [1.165, 1.54) is 0 Å². The molecule has 5 heteroatoms. The predicted molar refractivity (Wildman–Crippen MR) is 113 cm³/mol. The number of nitrogens with one attached hydrogen (secondary N) is 2. The Labute approximate surface area is 167 Å². The molecule has 0 atom stereocenters. The van der Waals surface area contributed by atoms with Crippen LogP contribution in [0.1, 0.15) is 31.7 Å². The molecule has 3 rings (SSSR count). The highest BCUT2D eigenvalue weighted by atomic mass is 16.2. The Morgan fingerprint density at radius 3 is 2.29 bits per heavy atom. The molecule has 1 heterocycles. The lowest BCUT2D eigenvalue weighted by molar-refractivity contribution is -0.130. The average Bonchev–Trinajstić information content (AvgIpc) is 2.73. The average molecular weight is 380 g/mol. The molecular weight excluding hydrogens is 350 g/mol. The minimum atomic E-state index is -0.000864. The highest BCUT2D eigenvalue weighted by Gasteiger charge is 2.19. The van der Waals surface area contributed by atoms with Crippen molar-refractivity contribution in [3.63, 3.8) is 0 Å². The van der Waals surface area contributed by atoms with Crippen molar-refractivity contribution in [3.8, 4) is 0 Å². The van der Waals surface area contributed by atoms with Gasteiger partial charge in [0.1, 0.15) is 0 Å². The van der Waals surface area contributed by atoms with Crippen LogP contribution in [0.25, 0.3) is 0 Å². The van der Waals surface area contributed by atoms with E-state index >= 15 is 0 Å². The summed E-state index contributed by atoms with van der Waals surface area (Å²) in [6.07, 6.45) is 3.35. The molecule has 1 aliphatic rings. The molecule has 1 saturated heterocycles. The molecule has 2 amide bonds. The van der Waals surface area contributed by atoms with E-state index < -0.39 is 0 Å². The van der Waals surface area contributed by atoms with Crippen molar-refractivity contribution in [1.29, 1.82) is 0 Å². The minimum absolute atomic E-state index is 0.000864. The van der Waals surface area contributed by atoms with Crippen LogP contribution in [0.5, 0.6) is 0 Å². The largest absolute Gasteiger partial charge is 0.376 e. The van der Waals surface area contributed by atoms with Crippen LogP contribution < -0.4 is 10.6 Å². The zero-order valence-corrected chi connectivity index (χ0v) is 16.5. The molecule has 0 unspecified atom stereocenters. The lowest BCUT2D eigenvalue weighted by atomic mass is 9.99. The number of rotatable bonds is 7. The SMILES string of the molecule is CC1CCN(C(=O)CNc2ccc(NC(=O)CCc3ccccc3)cc2)CC1.